The van der Waals surface area contributed by atoms with Crippen LogP contribution >= 0.6 is 11.6 Å². The van der Waals surface area contributed by atoms with Crippen molar-refractivity contribution in [2.45, 2.75) is 6.04 Å². The Hall–Kier alpha value is -2.92. The first-order chi connectivity index (χ1) is 13.6. The van der Waals surface area contributed by atoms with Gasteiger partial charge in [-0.15, -0.1) is 0 Å². The quantitative estimate of drug-likeness (QED) is 0.566. The summed E-state index contributed by atoms with van der Waals surface area (Å²) in [5, 5.41) is 0.692. The summed E-state index contributed by atoms with van der Waals surface area (Å²) in [5.74, 6) is -0.739. The Morgan fingerprint density at radius 1 is 0.929 bits per heavy atom. The Kier molecular flexibility index (Phi) is 5.26. The highest BCUT2D eigenvalue weighted by molar-refractivity contribution is 6.30. The minimum atomic E-state index is -0.696. The first-order valence-corrected chi connectivity index (χ1v) is 9.12. The third kappa shape index (κ3) is 3.99. The van der Waals surface area contributed by atoms with Gasteiger partial charge in [0.25, 0.3) is 0 Å². The summed E-state index contributed by atoms with van der Waals surface area (Å²) in [6, 6.07) is 18.5. The largest absolute Gasteiger partial charge is 0.491 e. The Balaban J connectivity index is 1.40. The van der Waals surface area contributed by atoms with Crippen molar-refractivity contribution < 1.29 is 18.3 Å². The summed E-state index contributed by atoms with van der Waals surface area (Å²) < 4.78 is 38.8. The molecule has 0 radical (unpaired) electrons. The molecule has 0 bridgehead atoms. The summed E-state index contributed by atoms with van der Waals surface area (Å²) in [7, 11) is 0. The molecule has 6 heteroatoms. The van der Waals surface area contributed by atoms with E-state index >= 15 is 0 Å². The molecule has 0 aliphatic carbocycles. The number of ether oxygens (including phenoxy) is 2. The maximum Gasteiger partial charge on any atom is 0.222 e. The number of halogens is 3. The topological polar surface area (TPSA) is 30.8 Å². The van der Waals surface area contributed by atoms with Crippen molar-refractivity contribution >= 4 is 17.5 Å². The van der Waals surface area contributed by atoms with Crippen LogP contribution < -0.4 is 4.74 Å². The third-order valence-corrected chi connectivity index (χ3v) is 4.62. The predicted molar refractivity (Wildman–Crippen MR) is 105 cm³/mol. The van der Waals surface area contributed by atoms with Gasteiger partial charge >= 0.3 is 0 Å². The van der Waals surface area contributed by atoms with Crippen molar-refractivity contribution in [3.05, 3.63) is 89.0 Å². The van der Waals surface area contributed by atoms with Gasteiger partial charge in [-0.25, -0.2) is 13.8 Å². The zero-order chi connectivity index (χ0) is 19.5. The van der Waals surface area contributed by atoms with Crippen molar-refractivity contribution in [1.29, 1.82) is 0 Å². The summed E-state index contributed by atoms with van der Waals surface area (Å²) in [5.41, 5.74) is 1.86. The highest BCUT2D eigenvalue weighted by Gasteiger charge is 2.25. The van der Waals surface area contributed by atoms with Crippen LogP contribution in [0.25, 0.3) is 11.1 Å². The number of hydrogen-bond acceptors (Lipinski definition) is 3. The molecule has 4 rings (SSSR count). The van der Waals surface area contributed by atoms with Gasteiger partial charge in [0, 0.05) is 5.02 Å². The Morgan fingerprint density at radius 2 is 1.54 bits per heavy atom. The molecule has 1 aliphatic rings. The van der Waals surface area contributed by atoms with Gasteiger partial charge in [-0.1, -0.05) is 41.9 Å². The lowest BCUT2D eigenvalue weighted by molar-refractivity contribution is 0.242. The lowest BCUT2D eigenvalue weighted by atomic mass is 10.1. The molecule has 0 saturated carbocycles. The molecule has 28 heavy (non-hydrogen) atoms. The molecule has 1 atom stereocenters. The molecule has 0 aromatic heterocycles. The second-order valence-electron chi connectivity index (χ2n) is 6.34. The van der Waals surface area contributed by atoms with Gasteiger partial charge in [0.05, 0.1) is 0 Å². The van der Waals surface area contributed by atoms with Gasteiger partial charge in [-0.2, -0.15) is 0 Å². The van der Waals surface area contributed by atoms with Crippen LogP contribution in [0.3, 0.4) is 0 Å². The fourth-order valence-corrected chi connectivity index (χ4v) is 3.04. The summed E-state index contributed by atoms with van der Waals surface area (Å²) in [6.07, 6.45) is 0. The Morgan fingerprint density at radius 3 is 2.18 bits per heavy atom. The van der Waals surface area contributed by atoms with E-state index in [0.717, 1.165) is 11.1 Å². The van der Waals surface area contributed by atoms with E-state index in [1.54, 1.807) is 0 Å². The number of rotatable bonds is 5. The molecule has 3 aromatic rings. The molecule has 0 amide bonds. The van der Waals surface area contributed by atoms with E-state index in [1.807, 2.05) is 48.5 Å². The van der Waals surface area contributed by atoms with E-state index < -0.39 is 11.6 Å². The zero-order valence-corrected chi connectivity index (χ0v) is 15.5. The van der Waals surface area contributed by atoms with Crippen LogP contribution in [0.2, 0.25) is 5.02 Å². The molecule has 0 saturated heterocycles. The van der Waals surface area contributed by atoms with Crippen molar-refractivity contribution in [1.82, 2.24) is 0 Å². The molecule has 0 fully saturated rings. The molecule has 1 aliphatic heterocycles. The van der Waals surface area contributed by atoms with Gasteiger partial charge in [-0.05, 0) is 47.5 Å². The van der Waals surface area contributed by atoms with Gasteiger partial charge in [0.2, 0.25) is 5.90 Å². The Labute approximate surface area is 166 Å². The summed E-state index contributed by atoms with van der Waals surface area (Å²) >= 11 is 5.91. The molecule has 0 N–H and O–H groups in total. The van der Waals surface area contributed by atoms with E-state index in [1.165, 1.54) is 18.2 Å². The van der Waals surface area contributed by atoms with Gasteiger partial charge in [-0.3, -0.25) is 0 Å². The maximum absolute atomic E-state index is 13.8. The molecule has 3 nitrogen and oxygen atoms in total. The smallest absolute Gasteiger partial charge is 0.222 e. The molecular weight excluding hydrogens is 384 g/mol. The van der Waals surface area contributed by atoms with E-state index in [9.17, 15) is 8.78 Å². The first kappa shape index (κ1) is 18.4. The summed E-state index contributed by atoms with van der Waals surface area (Å²) in [4.78, 5) is 4.25. The monoisotopic (exact) mass is 399 g/mol. The first-order valence-electron chi connectivity index (χ1n) is 8.74. The highest BCUT2D eigenvalue weighted by Crippen LogP contribution is 2.24. The lowest BCUT2D eigenvalue weighted by Gasteiger charge is -2.09. The molecule has 3 aromatic carbocycles. The second kappa shape index (κ2) is 7.98. The molecular formula is C22H16ClF2NO2. The number of nitrogens with zero attached hydrogens (tertiary/aromatic N) is 1. The SMILES string of the molecule is Fc1cccc(F)c1C1=NC(COc2ccc(-c3ccc(Cl)cc3)cc2)CO1. The van der Waals surface area contributed by atoms with Crippen molar-refractivity contribution in [2.75, 3.05) is 13.2 Å². The molecule has 0 spiro atoms. The van der Waals surface area contributed by atoms with Gasteiger partial charge in [0.1, 0.15) is 42.2 Å². The number of benzene rings is 3. The average Bonchev–Trinajstić information content (AvgIpc) is 3.16. The standard InChI is InChI=1S/C22H16ClF2NO2/c23-16-8-4-14(5-9-16)15-6-10-18(11-7-15)27-12-17-13-28-22(26-17)21-19(24)2-1-3-20(21)25/h1-11,17H,12-13H2. The van der Waals surface area contributed by atoms with Crippen LogP contribution in [-0.4, -0.2) is 25.2 Å². The van der Waals surface area contributed by atoms with Crippen LogP contribution in [-0.2, 0) is 4.74 Å². The van der Waals surface area contributed by atoms with Crippen molar-refractivity contribution in [2.24, 2.45) is 4.99 Å². The van der Waals surface area contributed by atoms with Crippen LogP contribution in [0.15, 0.2) is 71.7 Å². The predicted octanol–water partition coefficient (Wildman–Crippen LogP) is 5.51. The van der Waals surface area contributed by atoms with Crippen molar-refractivity contribution in [3.63, 3.8) is 0 Å². The van der Waals surface area contributed by atoms with Gasteiger partial charge < -0.3 is 9.47 Å². The van der Waals surface area contributed by atoms with Crippen molar-refractivity contribution in [3.8, 4) is 16.9 Å². The van der Waals surface area contributed by atoms with Crippen LogP contribution in [0.4, 0.5) is 8.78 Å². The van der Waals surface area contributed by atoms with E-state index in [0.29, 0.717) is 10.8 Å². The fraction of sp³-hybridized carbons (Fsp3) is 0.136. The zero-order valence-electron chi connectivity index (χ0n) is 14.7. The third-order valence-electron chi connectivity index (χ3n) is 4.36. The van der Waals surface area contributed by atoms with Crippen LogP contribution in [0.5, 0.6) is 5.75 Å². The lowest BCUT2D eigenvalue weighted by Crippen LogP contribution is -2.16. The van der Waals surface area contributed by atoms with E-state index in [2.05, 4.69) is 4.99 Å². The fourth-order valence-electron chi connectivity index (χ4n) is 2.92. The average molecular weight is 400 g/mol. The van der Waals surface area contributed by atoms with Crippen LogP contribution in [0.1, 0.15) is 5.56 Å². The Bertz CT molecular complexity index is 984. The normalized spacial score (nSPS) is 15.8. The second-order valence-corrected chi connectivity index (χ2v) is 6.77. The highest BCUT2D eigenvalue weighted by atomic mass is 35.5. The van der Waals surface area contributed by atoms with E-state index in [-0.39, 0.29) is 30.7 Å². The van der Waals surface area contributed by atoms with Gasteiger partial charge in [0.15, 0.2) is 0 Å². The minimum Gasteiger partial charge on any atom is -0.491 e. The number of aliphatic imine (C=N–C) groups is 1. The van der Waals surface area contributed by atoms with Crippen LogP contribution in [0, 0.1) is 11.6 Å². The minimum absolute atomic E-state index is 0.0257. The molecule has 142 valence electrons. The summed E-state index contributed by atoms with van der Waals surface area (Å²) in [6.45, 7) is 0.464. The molecule has 1 unspecified atom stereocenters. The number of hydrogen-bond donors (Lipinski definition) is 0. The molecule has 1 heterocycles. The van der Waals surface area contributed by atoms with E-state index in [4.69, 9.17) is 21.1 Å². The maximum atomic E-state index is 13.8.